The van der Waals surface area contributed by atoms with E-state index in [-0.39, 0.29) is 6.61 Å². The Labute approximate surface area is 112 Å². The smallest absolute Gasteiger partial charge is 0.331 e. The quantitative estimate of drug-likeness (QED) is 0.593. The first-order valence-corrected chi connectivity index (χ1v) is 5.88. The van der Waals surface area contributed by atoms with Crippen LogP contribution in [0.2, 0.25) is 0 Å². The second-order valence-electron chi connectivity index (χ2n) is 4.06. The third-order valence-electron chi connectivity index (χ3n) is 2.37. The number of rotatable bonds is 7. The van der Waals surface area contributed by atoms with E-state index in [1.54, 1.807) is 0 Å². The van der Waals surface area contributed by atoms with Crippen molar-refractivity contribution in [3.8, 4) is 0 Å². The van der Waals surface area contributed by atoms with Gasteiger partial charge in [-0.25, -0.2) is 9.59 Å². The predicted octanol–water partition coefficient (Wildman–Crippen LogP) is 1.30. The van der Waals surface area contributed by atoms with Crippen LogP contribution >= 0.6 is 0 Å². The molecule has 0 amide bonds. The number of hydrogen-bond donors (Lipinski definition) is 1. The average molecular weight is 263 g/mol. The van der Waals surface area contributed by atoms with Gasteiger partial charge in [0.25, 0.3) is 0 Å². The fourth-order valence-corrected chi connectivity index (χ4v) is 1.46. The van der Waals surface area contributed by atoms with Gasteiger partial charge in [-0.3, -0.25) is 4.90 Å². The van der Waals surface area contributed by atoms with E-state index >= 15 is 0 Å². The summed E-state index contributed by atoms with van der Waals surface area (Å²) in [6.45, 7) is 1.58. The molecule has 0 aliphatic carbocycles. The van der Waals surface area contributed by atoms with Crippen molar-refractivity contribution in [2.45, 2.75) is 6.54 Å². The molecule has 5 nitrogen and oxygen atoms in total. The zero-order valence-electron chi connectivity index (χ0n) is 10.8. The number of carbonyl (C=O) groups excluding carboxylic acids is 1. The summed E-state index contributed by atoms with van der Waals surface area (Å²) in [5, 5.41) is 8.34. The molecule has 0 saturated heterocycles. The maximum Gasteiger partial charge on any atom is 0.331 e. The number of likely N-dealkylation sites (N-methyl/N-ethyl adjacent to an activating group) is 1. The number of esters is 1. The molecule has 0 aromatic heterocycles. The lowest BCUT2D eigenvalue weighted by Crippen LogP contribution is -2.23. The van der Waals surface area contributed by atoms with Crippen LogP contribution in [-0.4, -0.2) is 42.1 Å². The van der Waals surface area contributed by atoms with E-state index in [9.17, 15) is 9.59 Å². The normalized spacial score (nSPS) is 10.8. The first-order chi connectivity index (χ1) is 9.08. The van der Waals surface area contributed by atoms with Gasteiger partial charge in [-0.15, -0.1) is 0 Å². The van der Waals surface area contributed by atoms with E-state index in [0.29, 0.717) is 6.54 Å². The monoisotopic (exact) mass is 263 g/mol. The number of carboxylic acids is 1. The van der Waals surface area contributed by atoms with Crippen molar-refractivity contribution in [1.29, 1.82) is 0 Å². The lowest BCUT2D eigenvalue weighted by Gasteiger charge is -2.16. The van der Waals surface area contributed by atoms with Crippen LogP contribution in [0.5, 0.6) is 0 Å². The molecule has 0 atom stereocenters. The van der Waals surface area contributed by atoms with Crippen molar-refractivity contribution < 1.29 is 19.4 Å². The SMILES string of the molecule is CN(CCOC(=O)/C=C/C(=O)O)Cc1ccccc1. The molecule has 0 bridgehead atoms. The van der Waals surface area contributed by atoms with Crippen LogP contribution in [0.15, 0.2) is 42.5 Å². The van der Waals surface area contributed by atoms with Gasteiger partial charge in [-0.1, -0.05) is 30.3 Å². The van der Waals surface area contributed by atoms with Crippen molar-refractivity contribution in [3.05, 3.63) is 48.0 Å². The van der Waals surface area contributed by atoms with Crippen LogP contribution in [-0.2, 0) is 20.9 Å². The van der Waals surface area contributed by atoms with E-state index in [1.807, 2.05) is 42.3 Å². The number of aliphatic carboxylic acids is 1. The Bertz CT molecular complexity index is 442. The minimum Gasteiger partial charge on any atom is -0.478 e. The van der Waals surface area contributed by atoms with Crippen molar-refractivity contribution in [2.75, 3.05) is 20.2 Å². The van der Waals surface area contributed by atoms with Crippen LogP contribution < -0.4 is 0 Å². The minimum atomic E-state index is -1.17. The van der Waals surface area contributed by atoms with Gasteiger partial charge in [0, 0.05) is 25.2 Å². The Hall–Kier alpha value is -2.14. The predicted molar refractivity (Wildman–Crippen MR) is 70.5 cm³/mol. The lowest BCUT2D eigenvalue weighted by atomic mass is 10.2. The molecular weight excluding hydrogens is 246 g/mol. The molecule has 5 heteroatoms. The number of carboxylic acid groups (broad SMARTS) is 1. The third kappa shape index (κ3) is 7.00. The lowest BCUT2D eigenvalue weighted by molar-refractivity contribution is -0.139. The van der Waals surface area contributed by atoms with E-state index in [4.69, 9.17) is 9.84 Å². The molecule has 0 aliphatic rings. The summed E-state index contributed by atoms with van der Waals surface area (Å²) in [5.41, 5.74) is 1.18. The molecule has 1 aromatic rings. The summed E-state index contributed by atoms with van der Waals surface area (Å²) in [6.07, 6.45) is 1.66. The fourth-order valence-electron chi connectivity index (χ4n) is 1.46. The van der Waals surface area contributed by atoms with Crippen LogP contribution in [0, 0.1) is 0 Å². The topological polar surface area (TPSA) is 66.8 Å². The Morgan fingerprint density at radius 1 is 1.26 bits per heavy atom. The highest BCUT2D eigenvalue weighted by Crippen LogP contribution is 2.01. The van der Waals surface area contributed by atoms with Crippen molar-refractivity contribution >= 4 is 11.9 Å². The zero-order valence-corrected chi connectivity index (χ0v) is 10.8. The maximum absolute atomic E-state index is 11.1. The molecule has 0 radical (unpaired) electrons. The molecule has 1 aromatic carbocycles. The van der Waals surface area contributed by atoms with E-state index in [2.05, 4.69) is 0 Å². The van der Waals surface area contributed by atoms with Gasteiger partial charge < -0.3 is 9.84 Å². The molecule has 0 heterocycles. The first-order valence-electron chi connectivity index (χ1n) is 5.88. The Morgan fingerprint density at radius 2 is 1.95 bits per heavy atom. The summed E-state index contributed by atoms with van der Waals surface area (Å²) in [4.78, 5) is 23.3. The average Bonchev–Trinajstić information content (AvgIpc) is 2.37. The largest absolute Gasteiger partial charge is 0.478 e. The van der Waals surface area contributed by atoms with Crippen molar-refractivity contribution in [3.63, 3.8) is 0 Å². The highest BCUT2D eigenvalue weighted by atomic mass is 16.5. The summed E-state index contributed by atoms with van der Waals surface area (Å²) in [5.74, 6) is -1.81. The molecule has 0 aliphatic heterocycles. The third-order valence-corrected chi connectivity index (χ3v) is 2.37. The number of benzene rings is 1. The van der Waals surface area contributed by atoms with Gasteiger partial charge in [-0.05, 0) is 12.6 Å². The molecular formula is C14H17NO4. The minimum absolute atomic E-state index is 0.228. The first kappa shape index (κ1) is 14.9. The molecule has 0 spiro atoms. The molecule has 1 N–H and O–H groups in total. The standard InChI is InChI=1S/C14H17NO4/c1-15(11-12-5-3-2-4-6-12)9-10-19-14(18)8-7-13(16)17/h2-8H,9-11H2,1H3,(H,16,17)/b8-7+. The van der Waals surface area contributed by atoms with Crippen LogP contribution in [0.1, 0.15) is 5.56 Å². The highest BCUT2D eigenvalue weighted by Gasteiger charge is 2.02. The second-order valence-corrected chi connectivity index (χ2v) is 4.06. The molecule has 19 heavy (non-hydrogen) atoms. The number of ether oxygens (including phenoxy) is 1. The van der Waals surface area contributed by atoms with E-state index in [1.165, 1.54) is 5.56 Å². The summed E-state index contributed by atoms with van der Waals surface area (Å²) < 4.78 is 4.87. The van der Waals surface area contributed by atoms with E-state index < -0.39 is 11.9 Å². The van der Waals surface area contributed by atoms with Crippen LogP contribution in [0.25, 0.3) is 0 Å². The second kappa shape index (κ2) is 8.05. The molecule has 102 valence electrons. The number of nitrogens with zero attached hydrogens (tertiary/aromatic N) is 1. The van der Waals surface area contributed by atoms with Gasteiger partial charge in [0.15, 0.2) is 0 Å². The van der Waals surface area contributed by atoms with E-state index in [0.717, 1.165) is 18.7 Å². The summed E-state index contributed by atoms with van der Waals surface area (Å²) in [7, 11) is 1.92. The van der Waals surface area contributed by atoms with Crippen LogP contribution in [0.4, 0.5) is 0 Å². The van der Waals surface area contributed by atoms with Gasteiger partial charge >= 0.3 is 11.9 Å². The van der Waals surface area contributed by atoms with Crippen LogP contribution in [0.3, 0.4) is 0 Å². The van der Waals surface area contributed by atoms with Gasteiger partial charge in [0.05, 0.1) is 0 Å². The molecule has 0 saturated carbocycles. The number of hydrogen-bond acceptors (Lipinski definition) is 4. The van der Waals surface area contributed by atoms with Gasteiger partial charge in [0.1, 0.15) is 6.61 Å². The van der Waals surface area contributed by atoms with Gasteiger partial charge in [0.2, 0.25) is 0 Å². The van der Waals surface area contributed by atoms with Crippen molar-refractivity contribution in [1.82, 2.24) is 4.90 Å². The van der Waals surface area contributed by atoms with Crippen molar-refractivity contribution in [2.24, 2.45) is 0 Å². The molecule has 1 rings (SSSR count). The fraction of sp³-hybridized carbons (Fsp3) is 0.286. The Kier molecular flexibility index (Phi) is 6.32. The molecule has 0 fully saturated rings. The Morgan fingerprint density at radius 3 is 2.58 bits per heavy atom. The Balaban J connectivity index is 2.22. The highest BCUT2D eigenvalue weighted by molar-refractivity contribution is 5.90. The number of carbonyl (C=O) groups is 2. The maximum atomic E-state index is 11.1. The molecule has 0 unspecified atom stereocenters. The zero-order chi connectivity index (χ0) is 14.1. The summed E-state index contributed by atoms with van der Waals surface area (Å²) in [6, 6.07) is 9.95. The summed E-state index contributed by atoms with van der Waals surface area (Å²) >= 11 is 0. The van der Waals surface area contributed by atoms with Gasteiger partial charge in [-0.2, -0.15) is 0 Å².